The molecule has 2 aliphatic carbocycles. The highest BCUT2D eigenvalue weighted by atomic mass is 35.5. The van der Waals surface area contributed by atoms with E-state index in [-0.39, 0.29) is 11.3 Å². The molecule has 0 aromatic rings. The van der Waals surface area contributed by atoms with E-state index in [1.807, 2.05) is 0 Å². The van der Waals surface area contributed by atoms with Gasteiger partial charge < -0.3 is 0 Å². The van der Waals surface area contributed by atoms with Crippen LogP contribution in [0.2, 0.25) is 0 Å². The van der Waals surface area contributed by atoms with Crippen molar-refractivity contribution in [3.05, 3.63) is 0 Å². The van der Waals surface area contributed by atoms with E-state index in [1.165, 1.54) is 12.8 Å². The second kappa shape index (κ2) is 3.41. The summed E-state index contributed by atoms with van der Waals surface area (Å²) >= 11 is 5.43. The van der Waals surface area contributed by atoms with Crippen LogP contribution < -0.4 is 0 Å². The lowest BCUT2D eigenvalue weighted by molar-refractivity contribution is 0.391. The van der Waals surface area contributed by atoms with Crippen LogP contribution in [0.25, 0.3) is 0 Å². The number of hydrogen-bond donors (Lipinski definition) is 0. The van der Waals surface area contributed by atoms with E-state index in [9.17, 15) is 8.42 Å². The second-order valence-electron chi connectivity index (χ2n) is 3.97. The first-order chi connectivity index (χ1) is 6.13. The maximum Gasteiger partial charge on any atom is 0.228 e. The van der Waals surface area contributed by atoms with Crippen molar-refractivity contribution in [2.45, 2.75) is 31.7 Å². The highest BCUT2D eigenvalue weighted by molar-refractivity contribution is 7.90. The molecule has 0 aliphatic heterocycles. The molecule has 2 saturated carbocycles. The molecule has 2 aliphatic rings. The maximum atomic E-state index is 11.5. The molecule has 0 aromatic carbocycles. The fraction of sp³-hybridized carbons (Fsp3) is 1.00. The van der Waals surface area contributed by atoms with E-state index >= 15 is 0 Å². The highest BCUT2D eigenvalue weighted by Crippen LogP contribution is 2.36. The molecular formula is C8H14ClNO2S. The molecular weight excluding hydrogens is 210 g/mol. The summed E-state index contributed by atoms with van der Waals surface area (Å²) in [6, 6.07) is 0.268. The van der Waals surface area contributed by atoms with Crippen molar-refractivity contribution in [2.75, 3.05) is 11.8 Å². The summed E-state index contributed by atoms with van der Waals surface area (Å²) in [5.74, 6) is 0.610. The average molecular weight is 224 g/mol. The molecule has 13 heavy (non-hydrogen) atoms. The van der Waals surface area contributed by atoms with Crippen LogP contribution in [0.15, 0.2) is 0 Å². The Labute approximate surface area is 84.1 Å². The fourth-order valence-corrected chi connectivity index (χ4v) is 3.07. The minimum absolute atomic E-state index is 0.268. The SMILES string of the molecule is O=S(=O)(CCl)N(CC1CC1)C1CC1. The van der Waals surface area contributed by atoms with Crippen LogP contribution in [0.5, 0.6) is 0 Å². The van der Waals surface area contributed by atoms with Gasteiger partial charge in [-0.2, -0.15) is 4.31 Å². The molecule has 3 nitrogen and oxygen atoms in total. The second-order valence-corrected chi connectivity index (χ2v) is 6.47. The molecule has 0 radical (unpaired) electrons. The van der Waals surface area contributed by atoms with Crippen LogP contribution in [0.1, 0.15) is 25.7 Å². The highest BCUT2D eigenvalue weighted by Gasteiger charge is 2.39. The Morgan fingerprint density at radius 2 is 1.85 bits per heavy atom. The zero-order chi connectivity index (χ0) is 9.47. The Kier molecular flexibility index (Phi) is 2.55. The smallest absolute Gasteiger partial charge is 0.211 e. The topological polar surface area (TPSA) is 37.4 Å². The maximum absolute atomic E-state index is 11.5. The molecule has 5 heteroatoms. The Morgan fingerprint density at radius 1 is 1.23 bits per heavy atom. The Balaban J connectivity index is 2.02. The average Bonchev–Trinajstić information content (AvgIpc) is 2.92. The van der Waals surface area contributed by atoms with E-state index in [4.69, 9.17) is 11.6 Å². The van der Waals surface area contributed by atoms with Gasteiger partial charge in [0.2, 0.25) is 10.0 Å². The standard InChI is InChI=1S/C8H14ClNO2S/c9-6-13(11,12)10(8-3-4-8)5-7-1-2-7/h7-8H,1-6H2. The molecule has 0 bridgehead atoms. The predicted molar refractivity (Wildman–Crippen MR) is 52.1 cm³/mol. The molecule has 0 N–H and O–H groups in total. The van der Waals surface area contributed by atoms with Gasteiger partial charge in [0.15, 0.2) is 0 Å². The summed E-state index contributed by atoms with van der Waals surface area (Å²) < 4.78 is 24.7. The first-order valence-corrected chi connectivity index (χ1v) is 6.83. The van der Waals surface area contributed by atoms with Gasteiger partial charge in [0.25, 0.3) is 0 Å². The van der Waals surface area contributed by atoms with Crippen molar-refractivity contribution in [3.8, 4) is 0 Å². The lowest BCUT2D eigenvalue weighted by Crippen LogP contribution is -2.35. The zero-order valence-electron chi connectivity index (χ0n) is 7.45. The van der Waals surface area contributed by atoms with Crippen molar-refractivity contribution in [1.29, 1.82) is 0 Å². The van der Waals surface area contributed by atoms with Gasteiger partial charge in [0.05, 0.1) is 0 Å². The van der Waals surface area contributed by atoms with E-state index in [0.717, 1.165) is 12.8 Å². The summed E-state index contributed by atoms with van der Waals surface area (Å²) in [5, 5.41) is -0.268. The first kappa shape index (κ1) is 9.74. The molecule has 0 aromatic heterocycles. The van der Waals surface area contributed by atoms with Crippen molar-refractivity contribution in [3.63, 3.8) is 0 Å². The number of rotatable bonds is 5. The molecule has 0 unspecified atom stereocenters. The van der Waals surface area contributed by atoms with Gasteiger partial charge in [-0.05, 0) is 31.6 Å². The van der Waals surface area contributed by atoms with Gasteiger partial charge in [-0.25, -0.2) is 8.42 Å². The third-order valence-electron chi connectivity index (χ3n) is 2.58. The summed E-state index contributed by atoms with van der Waals surface area (Å²) in [7, 11) is -3.15. The van der Waals surface area contributed by atoms with Gasteiger partial charge in [0.1, 0.15) is 5.21 Å². The molecule has 0 spiro atoms. The van der Waals surface area contributed by atoms with Crippen LogP contribution in [0.4, 0.5) is 0 Å². The minimum Gasteiger partial charge on any atom is -0.211 e. The summed E-state index contributed by atoms with van der Waals surface area (Å²) in [5.41, 5.74) is 0. The van der Waals surface area contributed by atoms with Crippen molar-refractivity contribution in [2.24, 2.45) is 5.92 Å². The van der Waals surface area contributed by atoms with Gasteiger partial charge in [-0.15, -0.1) is 11.6 Å². The number of alkyl halides is 1. The Hall–Kier alpha value is 0.200. The predicted octanol–water partition coefficient (Wildman–Crippen LogP) is 1.39. The number of halogens is 1. The van der Waals surface area contributed by atoms with E-state index in [0.29, 0.717) is 12.5 Å². The van der Waals surface area contributed by atoms with Crippen molar-refractivity contribution in [1.82, 2.24) is 4.31 Å². The monoisotopic (exact) mass is 223 g/mol. The van der Waals surface area contributed by atoms with Crippen molar-refractivity contribution >= 4 is 21.6 Å². The van der Waals surface area contributed by atoms with E-state index < -0.39 is 10.0 Å². The normalized spacial score (nSPS) is 23.8. The quantitative estimate of drug-likeness (QED) is 0.661. The molecule has 2 rings (SSSR count). The van der Waals surface area contributed by atoms with E-state index in [2.05, 4.69) is 0 Å². The fourth-order valence-electron chi connectivity index (χ4n) is 1.47. The van der Waals surface area contributed by atoms with Gasteiger partial charge in [0, 0.05) is 12.6 Å². The van der Waals surface area contributed by atoms with Crippen LogP contribution in [-0.4, -0.2) is 30.5 Å². The van der Waals surface area contributed by atoms with Crippen LogP contribution in [-0.2, 0) is 10.0 Å². The largest absolute Gasteiger partial charge is 0.228 e. The Morgan fingerprint density at radius 3 is 2.23 bits per heavy atom. The lowest BCUT2D eigenvalue weighted by Gasteiger charge is -2.19. The summed E-state index contributed by atoms with van der Waals surface area (Å²) in [6.45, 7) is 0.708. The summed E-state index contributed by atoms with van der Waals surface area (Å²) in [6.07, 6.45) is 4.40. The van der Waals surface area contributed by atoms with Crippen LogP contribution in [0.3, 0.4) is 0 Å². The summed E-state index contributed by atoms with van der Waals surface area (Å²) in [4.78, 5) is 0. The van der Waals surface area contributed by atoms with Gasteiger partial charge in [-0.1, -0.05) is 0 Å². The van der Waals surface area contributed by atoms with Gasteiger partial charge >= 0.3 is 0 Å². The third kappa shape index (κ3) is 2.36. The van der Waals surface area contributed by atoms with Gasteiger partial charge in [-0.3, -0.25) is 0 Å². The molecule has 76 valence electrons. The molecule has 0 heterocycles. The lowest BCUT2D eigenvalue weighted by atomic mass is 10.4. The molecule has 0 amide bonds. The minimum atomic E-state index is -3.15. The third-order valence-corrected chi connectivity index (χ3v) is 4.85. The number of hydrogen-bond acceptors (Lipinski definition) is 2. The molecule has 0 atom stereocenters. The zero-order valence-corrected chi connectivity index (χ0v) is 9.02. The molecule has 0 saturated heterocycles. The Bertz CT molecular complexity index is 283. The van der Waals surface area contributed by atoms with Crippen LogP contribution >= 0.6 is 11.6 Å². The number of sulfonamides is 1. The first-order valence-electron chi connectivity index (χ1n) is 4.69. The van der Waals surface area contributed by atoms with Crippen LogP contribution in [0, 0.1) is 5.92 Å². The number of nitrogens with zero attached hydrogens (tertiary/aromatic N) is 1. The van der Waals surface area contributed by atoms with E-state index in [1.54, 1.807) is 4.31 Å². The molecule has 2 fully saturated rings. The van der Waals surface area contributed by atoms with Crippen molar-refractivity contribution < 1.29 is 8.42 Å².